The molecule has 0 fully saturated rings. The molecule has 2 N–H and O–H groups in total. The molecule has 5 nitrogen and oxygen atoms in total. The maximum Gasteiger partial charge on any atom is 0.216 e. The first kappa shape index (κ1) is 15.2. The summed E-state index contributed by atoms with van der Waals surface area (Å²) in [6.45, 7) is 3.71. The van der Waals surface area contributed by atoms with Crippen LogP contribution >= 0.6 is 0 Å². The van der Waals surface area contributed by atoms with Gasteiger partial charge in [0.15, 0.2) is 0 Å². The minimum atomic E-state index is 0.00344. The molecular weight excluding hydrogens is 288 g/mol. The third kappa shape index (κ3) is 3.76. The number of hydrogen-bond donors (Lipinski definition) is 2. The Balaban J connectivity index is 1.62. The largest absolute Gasteiger partial charge is 0.355 e. The van der Waals surface area contributed by atoms with E-state index in [0.29, 0.717) is 6.54 Å². The smallest absolute Gasteiger partial charge is 0.216 e. The van der Waals surface area contributed by atoms with Crippen LogP contribution in [0.1, 0.15) is 12.5 Å². The zero-order valence-electron chi connectivity index (χ0n) is 13.1. The van der Waals surface area contributed by atoms with E-state index in [1.807, 2.05) is 24.5 Å². The van der Waals surface area contributed by atoms with Crippen molar-refractivity contribution in [3.8, 4) is 5.69 Å². The molecule has 3 rings (SSSR count). The first-order valence-corrected chi connectivity index (χ1v) is 7.70. The van der Waals surface area contributed by atoms with Crippen molar-refractivity contribution in [2.75, 3.05) is 13.1 Å². The quantitative estimate of drug-likeness (QED) is 0.687. The van der Waals surface area contributed by atoms with Crippen LogP contribution in [0.3, 0.4) is 0 Å². The van der Waals surface area contributed by atoms with Crippen molar-refractivity contribution in [1.29, 1.82) is 0 Å². The van der Waals surface area contributed by atoms with Crippen molar-refractivity contribution in [2.45, 2.75) is 13.5 Å². The molecule has 3 aromatic rings. The van der Waals surface area contributed by atoms with Crippen LogP contribution < -0.4 is 10.6 Å². The van der Waals surface area contributed by atoms with Gasteiger partial charge in [0, 0.05) is 32.2 Å². The number of imidazole rings is 1. The summed E-state index contributed by atoms with van der Waals surface area (Å²) in [5.41, 5.74) is 4.41. The Labute approximate surface area is 135 Å². The van der Waals surface area contributed by atoms with E-state index in [2.05, 4.69) is 50.5 Å². The maximum absolute atomic E-state index is 10.8. The summed E-state index contributed by atoms with van der Waals surface area (Å²) in [5.74, 6) is 0.00344. The van der Waals surface area contributed by atoms with Gasteiger partial charge in [-0.05, 0) is 29.8 Å². The summed E-state index contributed by atoms with van der Waals surface area (Å²) < 4.78 is 2.09. The summed E-state index contributed by atoms with van der Waals surface area (Å²) in [6, 6.07) is 16.5. The summed E-state index contributed by atoms with van der Waals surface area (Å²) >= 11 is 0. The molecule has 0 saturated carbocycles. The molecule has 0 bridgehead atoms. The van der Waals surface area contributed by atoms with Crippen LogP contribution in [0.5, 0.6) is 0 Å². The lowest BCUT2D eigenvalue weighted by molar-refractivity contribution is -0.118. The van der Waals surface area contributed by atoms with Crippen molar-refractivity contribution in [3.05, 3.63) is 60.4 Å². The molecule has 0 saturated heterocycles. The predicted molar refractivity (Wildman–Crippen MR) is 91.5 cm³/mol. The van der Waals surface area contributed by atoms with E-state index in [0.717, 1.165) is 29.8 Å². The number of aromatic nitrogens is 2. The standard InChI is InChI=1S/C18H20N4O/c1-14(23)20-11-10-19-12-15-6-8-16(9-7-15)22-13-21-17-4-2-3-5-18(17)22/h2-9,13,19H,10-12H2,1H3,(H,20,23). The molecule has 2 aromatic carbocycles. The highest BCUT2D eigenvalue weighted by molar-refractivity contribution is 5.77. The van der Waals surface area contributed by atoms with Crippen LogP contribution in [0.15, 0.2) is 54.9 Å². The topological polar surface area (TPSA) is 59.0 Å². The van der Waals surface area contributed by atoms with Gasteiger partial charge in [0.05, 0.1) is 11.0 Å². The Kier molecular flexibility index (Phi) is 4.68. The Hall–Kier alpha value is -2.66. The van der Waals surface area contributed by atoms with Gasteiger partial charge in [-0.1, -0.05) is 24.3 Å². The van der Waals surface area contributed by atoms with E-state index < -0.39 is 0 Å². The van der Waals surface area contributed by atoms with Gasteiger partial charge in [-0.3, -0.25) is 9.36 Å². The van der Waals surface area contributed by atoms with E-state index in [-0.39, 0.29) is 5.91 Å². The van der Waals surface area contributed by atoms with Crippen LogP contribution in [0.25, 0.3) is 16.7 Å². The molecule has 0 unspecified atom stereocenters. The second-order valence-corrected chi connectivity index (χ2v) is 5.43. The number of fused-ring (bicyclic) bond motifs is 1. The zero-order valence-corrected chi connectivity index (χ0v) is 13.1. The molecule has 1 heterocycles. The van der Waals surface area contributed by atoms with Crippen LogP contribution in [-0.2, 0) is 11.3 Å². The molecule has 1 aromatic heterocycles. The molecule has 118 valence electrons. The number of para-hydroxylation sites is 2. The molecule has 0 aliphatic carbocycles. The Morgan fingerprint density at radius 3 is 2.65 bits per heavy atom. The summed E-state index contributed by atoms with van der Waals surface area (Å²) in [4.78, 5) is 15.2. The van der Waals surface area contributed by atoms with Crippen molar-refractivity contribution in [3.63, 3.8) is 0 Å². The van der Waals surface area contributed by atoms with Crippen LogP contribution in [0, 0.1) is 0 Å². The number of benzene rings is 2. The predicted octanol–water partition coefficient (Wildman–Crippen LogP) is 2.25. The number of nitrogens with one attached hydrogen (secondary N) is 2. The average molecular weight is 308 g/mol. The Bertz CT molecular complexity index is 792. The second-order valence-electron chi connectivity index (χ2n) is 5.43. The minimum Gasteiger partial charge on any atom is -0.355 e. The van der Waals surface area contributed by atoms with Crippen LogP contribution in [0.4, 0.5) is 0 Å². The Morgan fingerprint density at radius 2 is 1.87 bits per heavy atom. The van der Waals surface area contributed by atoms with Gasteiger partial charge in [-0.25, -0.2) is 4.98 Å². The number of amides is 1. The number of carbonyl (C=O) groups excluding carboxylic acids is 1. The molecule has 23 heavy (non-hydrogen) atoms. The lowest BCUT2D eigenvalue weighted by Crippen LogP contribution is -2.29. The van der Waals surface area contributed by atoms with Gasteiger partial charge in [-0.15, -0.1) is 0 Å². The molecule has 0 radical (unpaired) electrons. The summed E-state index contributed by atoms with van der Waals surface area (Å²) in [6.07, 6.45) is 1.85. The van der Waals surface area contributed by atoms with Gasteiger partial charge in [0.2, 0.25) is 5.91 Å². The van der Waals surface area contributed by atoms with Crippen molar-refractivity contribution < 1.29 is 4.79 Å². The first-order chi connectivity index (χ1) is 11.2. The second kappa shape index (κ2) is 7.07. The van der Waals surface area contributed by atoms with Crippen molar-refractivity contribution in [1.82, 2.24) is 20.2 Å². The summed E-state index contributed by atoms with van der Waals surface area (Å²) in [7, 11) is 0. The number of hydrogen-bond acceptors (Lipinski definition) is 3. The van der Waals surface area contributed by atoms with E-state index in [1.54, 1.807) is 0 Å². The summed E-state index contributed by atoms with van der Waals surface area (Å²) in [5, 5.41) is 6.07. The first-order valence-electron chi connectivity index (χ1n) is 7.70. The number of rotatable bonds is 6. The van der Waals surface area contributed by atoms with Gasteiger partial charge in [-0.2, -0.15) is 0 Å². The van der Waals surface area contributed by atoms with Crippen LogP contribution in [-0.4, -0.2) is 28.5 Å². The van der Waals surface area contributed by atoms with E-state index in [4.69, 9.17) is 0 Å². The van der Waals surface area contributed by atoms with Gasteiger partial charge in [0.1, 0.15) is 6.33 Å². The Morgan fingerprint density at radius 1 is 1.09 bits per heavy atom. The molecule has 0 aliphatic rings. The SMILES string of the molecule is CC(=O)NCCNCc1ccc(-n2cnc3ccccc32)cc1. The van der Waals surface area contributed by atoms with Gasteiger partial charge < -0.3 is 10.6 Å². The minimum absolute atomic E-state index is 0.00344. The van der Waals surface area contributed by atoms with Crippen LogP contribution in [0.2, 0.25) is 0 Å². The van der Waals surface area contributed by atoms with Gasteiger partial charge >= 0.3 is 0 Å². The maximum atomic E-state index is 10.8. The fraction of sp³-hybridized carbons (Fsp3) is 0.222. The normalized spacial score (nSPS) is 10.8. The molecule has 0 atom stereocenters. The number of nitrogens with zero attached hydrogens (tertiary/aromatic N) is 2. The lowest BCUT2D eigenvalue weighted by atomic mass is 10.2. The molecule has 1 amide bonds. The molecular formula is C18H20N4O. The van der Waals surface area contributed by atoms with Gasteiger partial charge in [0.25, 0.3) is 0 Å². The van der Waals surface area contributed by atoms with Crippen molar-refractivity contribution >= 4 is 16.9 Å². The molecule has 0 aliphatic heterocycles. The zero-order chi connectivity index (χ0) is 16.1. The molecule has 0 spiro atoms. The molecule has 5 heteroatoms. The van der Waals surface area contributed by atoms with Crippen molar-refractivity contribution in [2.24, 2.45) is 0 Å². The third-order valence-electron chi connectivity index (χ3n) is 3.67. The van der Waals surface area contributed by atoms with E-state index >= 15 is 0 Å². The lowest BCUT2D eigenvalue weighted by Gasteiger charge is -2.08. The average Bonchev–Trinajstić information content (AvgIpc) is 2.99. The fourth-order valence-corrected chi connectivity index (χ4v) is 2.50. The highest BCUT2D eigenvalue weighted by Crippen LogP contribution is 2.18. The monoisotopic (exact) mass is 308 g/mol. The van der Waals surface area contributed by atoms with E-state index in [9.17, 15) is 4.79 Å². The highest BCUT2D eigenvalue weighted by atomic mass is 16.1. The van der Waals surface area contributed by atoms with E-state index in [1.165, 1.54) is 12.5 Å². The highest BCUT2D eigenvalue weighted by Gasteiger charge is 2.03. The third-order valence-corrected chi connectivity index (χ3v) is 3.67. The number of carbonyl (C=O) groups is 1. The fourth-order valence-electron chi connectivity index (χ4n) is 2.50.